The van der Waals surface area contributed by atoms with Gasteiger partial charge < -0.3 is 15.0 Å². The normalized spacial score (nSPS) is 19.7. The van der Waals surface area contributed by atoms with Gasteiger partial charge in [-0.05, 0) is 30.5 Å². The summed E-state index contributed by atoms with van der Waals surface area (Å²) in [7, 11) is 0. The van der Waals surface area contributed by atoms with Crippen LogP contribution in [0.4, 0.5) is 28.4 Å². The summed E-state index contributed by atoms with van der Waals surface area (Å²) in [5.74, 6) is -4.40. The van der Waals surface area contributed by atoms with E-state index in [1.807, 2.05) is 30.3 Å². The van der Waals surface area contributed by atoms with Crippen LogP contribution in [0, 0.1) is 17.5 Å². The molecule has 2 heterocycles. The minimum atomic E-state index is -1.63. The van der Waals surface area contributed by atoms with Crippen molar-refractivity contribution in [1.29, 1.82) is 0 Å². The number of benzene rings is 2. The van der Waals surface area contributed by atoms with Crippen LogP contribution in [0.1, 0.15) is 24.4 Å². The van der Waals surface area contributed by atoms with E-state index in [4.69, 9.17) is 4.74 Å². The smallest absolute Gasteiger partial charge is 0.410 e. The highest BCUT2D eigenvalue weighted by atomic mass is 19.2. The van der Waals surface area contributed by atoms with Crippen LogP contribution in [-0.2, 0) is 4.74 Å². The van der Waals surface area contributed by atoms with Crippen molar-refractivity contribution < 1.29 is 27.5 Å². The predicted molar refractivity (Wildman–Crippen MR) is 102 cm³/mol. The molecule has 2 aliphatic rings. The lowest BCUT2D eigenvalue weighted by molar-refractivity contribution is 0.116. The molecule has 0 aliphatic carbocycles. The number of anilines is 1. The Morgan fingerprint density at radius 3 is 2.40 bits per heavy atom. The number of hydrogen-bond acceptors (Lipinski definition) is 3. The van der Waals surface area contributed by atoms with Gasteiger partial charge in [-0.2, -0.15) is 0 Å². The Labute approximate surface area is 171 Å². The summed E-state index contributed by atoms with van der Waals surface area (Å²) in [5.41, 5.74) is 0.561. The van der Waals surface area contributed by atoms with Crippen molar-refractivity contribution in [1.82, 2.24) is 9.80 Å². The molecule has 0 aromatic heterocycles. The average Bonchev–Trinajstić information content (AvgIpc) is 3.16. The molecule has 2 saturated heterocycles. The van der Waals surface area contributed by atoms with Gasteiger partial charge in [0.2, 0.25) is 0 Å². The fourth-order valence-electron chi connectivity index (χ4n) is 3.93. The lowest BCUT2D eigenvalue weighted by atomic mass is 9.99. The number of piperidine rings is 1. The maximum absolute atomic E-state index is 13.8. The first-order valence-corrected chi connectivity index (χ1v) is 9.65. The summed E-state index contributed by atoms with van der Waals surface area (Å²) in [6.07, 6.45) is 0.661. The Morgan fingerprint density at radius 2 is 1.70 bits per heavy atom. The second-order valence-electron chi connectivity index (χ2n) is 7.28. The number of rotatable bonds is 3. The van der Waals surface area contributed by atoms with Gasteiger partial charge in [0.1, 0.15) is 6.61 Å². The second-order valence-corrected chi connectivity index (χ2v) is 7.28. The van der Waals surface area contributed by atoms with Gasteiger partial charge in [-0.3, -0.25) is 4.90 Å². The van der Waals surface area contributed by atoms with Gasteiger partial charge in [0.25, 0.3) is 0 Å². The van der Waals surface area contributed by atoms with E-state index in [2.05, 4.69) is 5.32 Å². The van der Waals surface area contributed by atoms with Gasteiger partial charge in [0, 0.05) is 19.1 Å². The fraction of sp³-hybridized carbons (Fsp3) is 0.333. The first-order valence-electron chi connectivity index (χ1n) is 9.65. The third kappa shape index (κ3) is 3.79. The van der Waals surface area contributed by atoms with Crippen LogP contribution in [-0.4, -0.2) is 47.7 Å². The molecule has 2 aromatic rings. The van der Waals surface area contributed by atoms with E-state index in [1.54, 1.807) is 4.90 Å². The quantitative estimate of drug-likeness (QED) is 0.755. The molecule has 0 bridgehead atoms. The highest BCUT2D eigenvalue weighted by Crippen LogP contribution is 2.33. The fourth-order valence-corrected chi connectivity index (χ4v) is 3.93. The number of cyclic esters (lactones) is 1. The Kier molecular flexibility index (Phi) is 5.52. The first kappa shape index (κ1) is 20.1. The van der Waals surface area contributed by atoms with Crippen LogP contribution in [0.2, 0.25) is 0 Å². The minimum Gasteiger partial charge on any atom is -0.447 e. The summed E-state index contributed by atoms with van der Waals surface area (Å²) in [6.45, 7) is 0.930. The van der Waals surface area contributed by atoms with Crippen LogP contribution in [0.15, 0.2) is 42.5 Å². The van der Waals surface area contributed by atoms with E-state index in [-0.39, 0.29) is 24.8 Å². The van der Waals surface area contributed by atoms with Crippen molar-refractivity contribution in [3.63, 3.8) is 0 Å². The Morgan fingerprint density at radius 1 is 1.00 bits per heavy atom. The highest BCUT2D eigenvalue weighted by molar-refractivity contribution is 5.89. The summed E-state index contributed by atoms with van der Waals surface area (Å²) in [5, 5.41) is 2.28. The molecule has 1 unspecified atom stereocenters. The number of carbonyl (C=O) groups is 2. The molecular formula is C21H20F3N3O3. The van der Waals surface area contributed by atoms with Gasteiger partial charge in [-0.1, -0.05) is 30.3 Å². The van der Waals surface area contributed by atoms with Gasteiger partial charge in [-0.25, -0.2) is 22.8 Å². The number of nitrogens with one attached hydrogen (secondary N) is 1. The molecule has 2 aliphatic heterocycles. The lowest BCUT2D eigenvalue weighted by Crippen LogP contribution is -2.48. The van der Waals surface area contributed by atoms with Crippen LogP contribution >= 0.6 is 0 Å². The summed E-state index contributed by atoms with van der Waals surface area (Å²) in [6, 6.07) is 10.4. The number of carbonyl (C=O) groups excluding carboxylic acids is 2. The molecule has 3 amide bonds. The molecule has 2 fully saturated rings. The van der Waals surface area contributed by atoms with E-state index in [0.717, 1.165) is 17.7 Å². The van der Waals surface area contributed by atoms with Crippen molar-refractivity contribution >= 4 is 17.8 Å². The zero-order valence-corrected chi connectivity index (χ0v) is 16.0. The Balaban J connectivity index is 1.39. The number of halogens is 3. The van der Waals surface area contributed by atoms with Gasteiger partial charge in [0.15, 0.2) is 17.5 Å². The van der Waals surface area contributed by atoms with E-state index >= 15 is 0 Å². The summed E-state index contributed by atoms with van der Waals surface area (Å²) >= 11 is 0. The van der Waals surface area contributed by atoms with Crippen LogP contribution in [0.25, 0.3) is 0 Å². The molecule has 0 saturated carbocycles. The zero-order valence-electron chi connectivity index (χ0n) is 16.0. The molecule has 9 heteroatoms. The number of urea groups is 1. The van der Waals surface area contributed by atoms with Gasteiger partial charge in [-0.15, -0.1) is 0 Å². The van der Waals surface area contributed by atoms with Crippen LogP contribution in [0.5, 0.6) is 0 Å². The second kappa shape index (κ2) is 8.25. The highest BCUT2D eigenvalue weighted by Gasteiger charge is 2.40. The SMILES string of the molecule is O=C(Nc1ccc(F)c(F)c1F)N1CCC(N2C(=O)OCC2c2ccccc2)CC1. The molecule has 158 valence electrons. The molecule has 30 heavy (non-hydrogen) atoms. The largest absolute Gasteiger partial charge is 0.447 e. The Bertz CT molecular complexity index is 949. The zero-order chi connectivity index (χ0) is 21.3. The van der Waals surface area contributed by atoms with E-state index < -0.39 is 29.2 Å². The topological polar surface area (TPSA) is 61.9 Å². The third-order valence-electron chi connectivity index (χ3n) is 5.52. The lowest BCUT2D eigenvalue weighted by Gasteiger charge is -2.37. The number of amides is 3. The van der Waals surface area contributed by atoms with Crippen LogP contribution < -0.4 is 5.32 Å². The maximum atomic E-state index is 13.8. The monoisotopic (exact) mass is 419 g/mol. The van der Waals surface area contributed by atoms with Crippen LogP contribution in [0.3, 0.4) is 0 Å². The molecule has 1 N–H and O–H groups in total. The first-order chi connectivity index (χ1) is 14.5. The molecule has 0 radical (unpaired) electrons. The molecule has 2 aromatic carbocycles. The third-order valence-corrected chi connectivity index (χ3v) is 5.52. The minimum absolute atomic E-state index is 0.103. The van der Waals surface area contributed by atoms with Crippen molar-refractivity contribution in [3.05, 3.63) is 65.5 Å². The average molecular weight is 419 g/mol. The molecule has 0 spiro atoms. The van der Waals surface area contributed by atoms with Gasteiger partial charge in [0.05, 0.1) is 11.7 Å². The van der Waals surface area contributed by atoms with E-state index in [1.165, 1.54) is 4.90 Å². The van der Waals surface area contributed by atoms with Gasteiger partial charge >= 0.3 is 12.1 Å². The van der Waals surface area contributed by atoms with Crippen molar-refractivity contribution in [2.24, 2.45) is 0 Å². The van der Waals surface area contributed by atoms with Crippen molar-refractivity contribution in [2.45, 2.75) is 24.9 Å². The van der Waals surface area contributed by atoms with E-state index in [9.17, 15) is 22.8 Å². The number of likely N-dealkylation sites (tertiary alicyclic amines) is 1. The summed E-state index contributed by atoms with van der Waals surface area (Å²) in [4.78, 5) is 27.9. The number of hydrogen-bond donors (Lipinski definition) is 1. The van der Waals surface area contributed by atoms with E-state index in [0.29, 0.717) is 25.9 Å². The maximum Gasteiger partial charge on any atom is 0.410 e. The molecular weight excluding hydrogens is 399 g/mol. The van der Waals surface area contributed by atoms with Crippen molar-refractivity contribution in [3.8, 4) is 0 Å². The molecule has 1 atom stereocenters. The number of ether oxygens (including phenoxy) is 1. The van der Waals surface area contributed by atoms with Crippen molar-refractivity contribution in [2.75, 3.05) is 25.0 Å². The number of nitrogens with zero attached hydrogens (tertiary/aromatic N) is 2. The molecule has 4 rings (SSSR count). The summed E-state index contributed by atoms with van der Waals surface area (Å²) < 4.78 is 45.5. The Hall–Kier alpha value is -3.23. The molecule has 6 nitrogen and oxygen atoms in total. The standard InChI is InChI=1S/C21H20F3N3O3/c22-15-6-7-16(19(24)18(15)23)25-20(28)26-10-8-14(9-11-26)27-17(12-30-21(27)29)13-4-2-1-3-5-13/h1-7,14,17H,8-12H2,(H,25,28). The predicted octanol–water partition coefficient (Wildman–Crippen LogP) is 4.29.